The molecular weight excluding hydrogens is 472 g/mol. The normalized spacial score (nSPS) is 16.5. The number of methoxy groups -OCH3 is 1. The fourth-order valence-corrected chi connectivity index (χ4v) is 4.25. The third-order valence-electron chi connectivity index (χ3n) is 5.90. The molecule has 1 atom stereocenters. The minimum absolute atomic E-state index is 0.0484. The molecule has 0 saturated carbocycles. The number of hydrogen-bond donors (Lipinski definition) is 2. The minimum atomic E-state index is -0.918. The van der Waals surface area contributed by atoms with Crippen molar-refractivity contribution in [3.8, 4) is 11.5 Å². The number of aliphatic hydroxyl groups is 1. The van der Waals surface area contributed by atoms with E-state index in [0.29, 0.717) is 40.6 Å². The van der Waals surface area contributed by atoms with Gasteiger partial charge in [-0.05, 0) is 54.4 Å². The molecule has 0 bridgehead atoms. The van der Waals surface area contributed by atoms with Gasteiger partial charge in [-0.15, -0.1) is 0 Å². The van der Waals surface area contributed by atoms with Crippen LogP contribution in [-0.4, -0.2) is 36.4 Å². The largest absolute Gasteiger partial charge is 0.507 e. The summed E-state index contributed by atoms with van der Waals surface area (Å²) < 4.78 is 10.9. The average molecular weight is 501 g/mol. The van der Waals surface area contributed by atoms with Gasteiger partial charge in [0.25, 0.3) is 11.7 Å². The van der Waals surface area contributed by atoms with Crippen LogP contribution < -0.4 is 19.7 Å². The van der Waals surface area contributed by atoms with Gasteiger partial charge in [0.1, 0.15) is 17.3 Å². The molecule has 1 fully saturated rings. The van der Waals surface area contributed by atoms with Gasteiger partial charge in [-0.3, -0.25) is 19.3 Å². The highest BCUT2D eigenvalue weighted by Gasteiger charge is 2.47. The van der Waals surface area contributed by atoms with E-state index in [-0.39, 0.29) is 17.2 Å². The highest BCUT2D eigenvalue weighted by Crippen LogP contribution is 2.43. The third kappa shape index (κ3) is 5.33. The predicted molar refractivity (Wildman–Crippen MR) is 141 cm³/mol. The highest BCUT2D eigenvalue weighted by molar-refractivity contribution is 6.51. The summed E-state index contributed by atoms with van der Waals surface area (Å²) in [4.78, 5) is 39.7. The van der Waals surface area contributed by atoms with Crippen molar-refractivity contribution in [3.05, 3.63) is 89.5 Å². The maximum atomic E-state index is 13.4. The van der Waals surface area contributed by atoms with Gasteiger partial charge < -0.3 is 19.9 Å². The summed E-state index contributed by atoms with van der Waals surface area (Å²) in [6, 6.07) is 19.4. The van der Waals surface area contributed by atoms with Crippen molar-refractivity contribution >= 4 is 34.7 Å². The Labute approximate surface area is 215 Å². The zero-order chi connectivity index (χ0) is 26.5. The summed E-state index contributed by atoms with van der Waals surface area (Å²) in [7, 11) is 1.54. The van der Waals surface area contributed by atoms with Crippen LogP contribution in [0.25, 0.3) is 5.76 Å². The summed E-state index contributed by atoms with van der Waals surface area (Å²) in [5.41, 5.74) is 1.78. The molecule has 4 rings (SSSR count). The van der Waals surface area contributed by atoms with Crippen LogP contribution in [0.2, 0.25) is 0 Å². The number of nitrogens with zero attached hydrogens (tertiary/aromatic N) is 1. The summed E-state index contributed by atoms with van der Waals surface area (Å²) in [6.45, 7) is 3.88. The predicted octanol–water partition coefficient (Wildman–Crippen LogP) is 5.07. The number of carbonyl (C=O) groups excluding carboxylic acids is 3. The lowest BCUT2D eigenvalue weighted by Gasteiger charge is -2.26. The van der Waals surface area contributed by atoms with Gasteiger partial charge in [-0.2, -0.15) is 0 Å². The number of rotatable bonds is 8. The molecule has 1 saturated heterocycles. The van der Waals surface area contributed by atoms with Gasteiger partial charge in [0, 0.05) is 23.9 Å². The Bertz CT molecular complexity index is 1360. The number of carbonyl (C=O) groups is 3. The van der Waals surface area contributed by atoms with Crippen molar-refractivity contribution in [2.45, 2.75) is 26.3 Å². The molecule has 190 valence electrons. The standard InChI is InChI=1S/C29H28N2O6/c1-4-15-37-24-10-5-7-20(16-24)27(33)25-26(19-11-13-23(36-3)14-12-19)31(29(35)28(25)34)22-9-6-8-21(17-22)30-18(2)32/h5-14,16-17,26,33H,4,15H2,1-3H3,(H,30,32)/b27-25+. The smallest absolute Gasteiger partial charge is 0.300 e. The second-order valence-corrected chi connectivity index (χ2v) is 8.55. The van der Waals surface area contributed by atoms with Crippen LogP contribution in [0.4, 0.5) is 11.4 Å². The number of aliphatic hydroxyl groups excluding tert-OH is 1. The average Bonchev–Trinajstić information content (AvgIpc) is 3.17. The summed E-state index contributed by atoms with van der Waals surface area (Å²) >= 11 is 0. The molecule has 3 aromatic rings. The molecule has 1 heterocycles. The topological polar surface area (TPSA) is 105 Å². The number of anilines is 2. The molecule has 1 aliphatic heterocycles. The Morgan fingerprint density at radius 1 is 1.00 bits per heavy atom. The Kier molecular flexibility index (Phi) is 7.57. The molecule has 8 nitrogen and oxygen atoms in total. The molecular formula is C29H28N2O6. The molecule has 1 aliphatic rings. The van der Waals surface area contributed by atoms with Crippen molar-refractivity contribution in [1.29, 1.82) is 0 Å². The van der Waals surface area contributed by atoms with Crippen LogP contribution in [0.5, 0.6) is 11.5 Å². The molecule has 0 radical (unpaired) electrons. The lowest BCUT2D eigenvalue weighted by atomic mass is 9.95. The van der Waals surface area contributed by atoms with Crippen molar-refractivity contribution in [2.24, 2.45) is 0 Å². The minimum Gasteiger partial charge on any atom is -0.507 e. The number of ether oxygens (including phenoxy) is 2. The van der Waals surface area contributed by atoms with Gasteiger partial charge in [0.2, 0.25) is 5.91 Å². The number of nitrogens with one attached hydrogen (secondary N) is 1. The number of Topliss-reactive ketones (excluding diaryl/α,β-unsaturated/α-hetero) is 1. The second-order valence-electron chi connectivity index (χ2n) is 8.55. The van der Waals surface area contributed by atoms with E-state index in [0.717, 1.165) is 6.42 Å². The molecule has 2 N–H and O–H groups in total. The highest BCUT2D eigenvalue weighted by atomic mass is 16.5. The molecule has 0 aliphatic carbocycles. The molecule has 2 amide bonds. The van der Waals surface area contributed by atoms with Gasteiger partial charge in [-0.1, -0.05) is 37.3 Å². The van der Waals surface area contributed by atoms with Crippen LogP contribution in [0, 0.1) is 0 Å². The van der Waals surface area contributed by atoms with E-state index in [1.807, 2.05) is 6.92 Å². The van der Waals surface area contributed by atoms with E-state index >= 15 is 0 Å². The lowest BCUT2D eigenvalue weighted by molar-refractivity contribution is -0.132. The zero-order valence-corrected chi connectivity index (χ0v) is 20.9. The molecule has 0 aromatic heterocycles. The Morgan fingerprint density at radius 2 is 1.73 bits per heavy atom. The molecule has 0 spiro atoms. The van der Waals surface area contributed by atoms with Crippen molar-refractivity contribution in [1.82, 2.24) is 0 Å². The Morgan fingerprint density at radius 3 is 2.41 bits per heavy atom. The molecule has 1 unspecified atom stereocenters. The first-order valence-corrected chi connectivity index (χ1v) is 11.9. The van der Waals surface area contributed by atoms with E-state index < -0.39 is 17.7 Å². The van der Waals surface area contributed by atoms with Crippen LogP contribution in [0.3, 0.4) is 0 Å². The quantitative estimate of drug-likeness (QED) is 0.254. The van der Waals surface area contributed by atoms with Gasteiger partial charge in [-0.25, -0.2) is 0 Å². The first-order valence-electron chi connectivity index (χ1n) is 11.9. The first kappa shape index (κ1) is 25.5. The fourth-order valence-electron chi connectivity index (χ4n) is 4.25. The summed E-state index contributed by atoms with van der Waals surface area (Å²) in [5, 5.41) is 14.1. The van der Waals surface area contributed by atoms with Crippen LogP contribution >= 0.6 is 0 Å². The van der Waals surface area contributed by atoms with E-state index in [1.54, 1.807) is 79.9 Å². The summed E-state index contributed by atoms with van der Waals surface area (Å²) in [6.07, 6.45) is 0.816. The van der Waals surface area contributed by atoms with Crippen LogP contribution in [-0.2, 0) is 14.4 Å². The molecule has 37 heavy (non-hydrogen) atoms. The number of benzene rings is 3. The number of ketones is 1. The van der Waals surface area contributed by atoms with Crippen LogP contribution in [0.15, 0.2) is 78.4 Å². The van der Waals surface area contributed by atoms with Crippen molar-refractivity contribution in [3.63, 3.8) is 0 Å². The Hall–Kier alpha value is -4.59. The molecule has 8 heteroatoms. The first-order chi connectivity index (χ1) is 17.8. The number of hydrogen-bond acceptors (Lipinski definition) is 6. The maximum Gasteiger partial charge on any atom is 0.300 e. The molecule has 3 aromatic carbocycles. The van der Waals surface area contributed by atoms with Crippen LogP contribution in [0.1, 0.15) is 37.4 Å². The monoisotopic (exact) mass is 500 g/mol. The zero-order valence-electron chi connectivity index (χ0n) is 20.9. The second kappa shape index (κ2) is 11.0. The fraction of sp³-hybridized carbons (Fsp3) is 0.207. The van der Waals surface area contributed by atoms with E-state index in [9.17, 15) is 19.5 Å². The van der Waals surface area contributed by atoms with E-state index in [4.69, 9.17) is 9.47 Å². The van der Waals surface area contributed by atoms with Gasteiger partial charge in [0.15, 0.2) is 0 Å². The lowest BCUT2D eigenvalue weighted by Crippen LogP contribution is -2.29. The van der Waals surface area contributed by atoms with Gasteiger partial charge in [0.05, 0.1) is 25.3 Å². The summed E-state index contributed by atoms with van der Waals surface area (Å²) in [5.74, 6) is -1.03. The van der Waals surface area contributed by atoms with E-state index in [2.05, 4.69) is 5.32 Å². The number of amides is 2. The maximum absolute atomic E-state index is 13.4. The Balaban J connectivity index is 1.87. The van der Waals surface area contributed by atoms with Crippen molar-refractivity contribution < 1.29 is 29.0 Å². The van der Waals surface area contributed by atoms with E-state index in [1.165, 1.54) is 11.8 Å². The third-order valence-corrected chi connectivity index (χ3v) is 5.90. The van der Waals surface area contributed by atoms with Gasteiger partial charge >= 0.3 is 0 Å². The SMILES string of the molecule is CCCOc1cccc(/C(O)=C2\C(=O)C(=O)N(c3cccc(NC(C)=O)c3)C2c2ccc(OC)cc2)c1. The van der Waals surface area contributed by atoms with Crippen molar-refractivity contribution in [2.75, 3.05) is 23.9 Å².